The number of hydrogen-bond acceptors (Lipinski definition) is 13. The summed E-state index contributed by atoms with van der Waals surface area (Å²) in [5.41, 5.74) is -12.2. The number of halogens is 9. The van der Waals surface area contributed by atoms with Crippen molar-refractivity contribution in [3.05, 3.63) is 119 Å². The molecule has 2 aliphatic rings. The number of rotatable bonds is 38. The van der Waals surface area contributed by atoms with E-state index in [-0.39, 0.29) is 69.1 Å². The molecule has 3 aromatic carbocycles. The number of carbonyl (C=O) groups excluding carboxylic acids is 5. The Hall–Kier alpha value is -5.84. The molecule has 13 nitrogen and oxygen atoms in total. The van der Waals surface area contributed by atoms with Crippen LogP contribution in [-0.4, -0.2) is 106 Å². The molecule has 0 bridgehead atoms. The van der Waals surface area contributed by atoms with E-state index >= 15 is 26.3 Å². The lowest BCUT2D eigenvalue weighted by atomic mass is 9.92. The summed E-state index contributed by atoms with van der Waals surface area (Å²) in [6.45, 7) is 3.70. The number of esters is 4. The molecule has 0 spiro atoms. The Morgan fingerprint density at radius 2 is 0.851 bits per heavy atom. The summed E-state index contributed by atoms with van der Waals surface area (Å²) < 4.78 is 179. The number of Topliss-reactive ketones (excluding diaryl/α,β-unsaturated/α-hetero) is 1. The van der Waals surface area contributed by atoms with Crippen molar-refractivity contribution in [2.45, 2.75) is 233 Å². The number of carbonyl (C=O) groups is 5. The molecule has 1 saturated heterocycles. The third-order valence-electron chi connectivity index (χ3n) is 16.2. The van der Waals surface area contributed by atoms with Gasteiger partial charge in [-0.15, -0.1) is 0 Å². The van der Waals surface area contributed by atoms with Gasteiger partial charge in [-0.05, 0) is 64.4 Å². The van der Waals surface area contributed by atoms with Crippen molar-refractivity contribution in [3.8, 4) is 0 Å². The van der Waals surface area contributed by atoms with Crippen LogP contribution in [0.3, 0.4) is 0 Å². The first-order chi connectivity index (χ1) is 41.4. The van der Waals surface area contributed by atoms with Crippen LogP contribution in [0.1, 0.15) is 178 Å². The molecule has 87 heavy (non-hydrogen) atoms. The van der Waals surface area contributed by atoms with E-state index in [1.807, 2.05) is 0 Å². The van der Waals surface area contributed by atoms with Gasteiger partial charge in [0, 0.05) is 62.9 Å². The molecular weight excluding hydrogens is 1160 g/mol. The van der Waals surface area contributed by atoms with Gasteiger partial charge in [-0.3, -0.25) is 4.79 Å². The fourth-order valence-corrected chi connectivity index (χ4v) is 11.4. The molecule has 0 unspecified atom stereocenters. The van der Waals surface area contributed by atoms with Gasteiger partial charge in [0.2, 0.25) is 0 Å². The zero-order valence-corrected chi connectivity index (χ0v) is 50.2. The van der Waals surface area contributed by atoms with E-state index in [9.17, 15) is 37.1 Å². The maximum absolute atomic E-state index is 15.2. The molecule has 0 N–H and O–H groups in total. The van der Waals surface area contributed by atoms with E-state index in [1.54, 1.807) is 6.92 Å². The molecule has 1 fully saturated rings. The number of hydrogen-bond donors (Lipinski definition) is 0. The van der Waals surface area contributed by atoms with Crippen LogP contribution < -0.4 is 0 Å². The summed E-state index contributed by atoms with van der Waals surface area (Å²) >= 11 is 0. The van der Waals surface area contributed by atoms with Gasteiger partial charge >= 0.3 is 42.4 Å². The van der Waals surface area contributed by atoms with Gasteiger partial charge < -0.3 is 37.9 Å². The van der Waals surface area contributed by atoms with Crippen molar-refractivity contribution in [2.75, 3.05) is 21.3 Å². The lowest BCUT2D eigenvalue weighted by molar-refractivity contribution is -0.281. The quantitative estimate of drug-likeness (QED) is 0.0231. The minimum Gasteiger partial charge on any atom is -0.459 e. The molecule has 22 heteroatoms. The highest BCUT2D eigenvalue weighted by Gasteiger charge is 2.67. The number of methoxy groups -OCH3 is 3. The third kappa shape index (κ3) is 18.6. The Balaban J connectivity index is 1.29. The second-order valence-corrected chi connectivity index (χ2v) is 22.3. The first-order valence-electron chi connectivity index (χ1n) is 30.1. The van der Waals surface area contributed by atoms with Crippen LogP contribution >= 0.6 is 0 Å². The second kappa shape index (κ2) is 33.7. The summed E-state index contributed by atoms with van der Waals surface area (Å²) in [6.07, 6.45) is -10.7. The van der Waals surface area contributed by atoms with E-state index in [0.29, 0.717) is 45.6 Å². The number of unbranched alkanes of at least 4 members (excludes halogenated alkanes) is 13. The Morgan fingerprint density at radius 3 is 1.20 bits per heavy atom. The Bertz CT molecular complexity index is 2640. The number of ether oxygens (including phenoxy) is 8. The first-order valence-corrected chi connectivity index (χ1v) is 30.1. The topological polar surface area (TPSA) is 159 Å². The minimum absolute atomic E-state index is 0.00919. The molecule has 484 valence electrons. The fourth-order valence-electron chi connectivity index (χ4n) is 11.4. The molecule has 0 amide bonds. The Kier molecular flexibility index (Phi) is 27.8. The lowest BCUT2D eigenvalue weighted by Gasteiger charge is -2.36. The number of cyclic esters (lactones) is 1. The van der Waals surface area contributed by atoms with Gasteiger partial charge in [-0.1, -0.05) is 175 Å². The van der Waals surface area contributed by atoms with Crippen molar-refractivity contribution in [2.24, 2.45) is 0 Å². The Morgan fingerprint density at radius 1 is 0.494 bits per heavy atom. The van der Waals surface area contributed by atoms with Crippen LogP contribution in [0.4, 0.5) is 39.5 Å². The molecule has 0 saturated carbocycles. The van der Waals surface area contributed by atoms with Gasteiger partial charge in [0.15, 0.2) is 0 Å². The number of alkyl halides is 9. The predicted octanol–water partition coefficient (Wildman–Crippen LogP) is 15.2. The zero-order valence-electron chi connectivity index (χ0n) is 50.2. The highest BCUT2D eigenvalue weighted by Crippen LogP contribution is 2.47. The van der Waals surface area contributed by atoms with Crippen LogP contribution in [-0.2, 0) is 78.7 Å². The predicted molar refractivity (Wildman–Crippen MR) is 302 cm³/mol. The summed E-state index contributed by atoms with van der Waals surface area (Å²) in [4.78, 5) is 67.7. The first kappa shape index (κ1) is 71.9. The maximum Gasteiger partial charge on any atom is 0.432 e. The summed E-state index contributed by atoms with van der Waals surface area (Å²) in [6, 6.07) is 18.6. The summed E-state index contributed by atoms with van der Waals surface area (Å²) in [5, 5.41) is 0. The second-order valence-electron chi connectivity index (χ2n) is 22.3. The lowest BCUT2D eigenvalue weighted by Crippen LogP contribution is -2.53. The minimum atomic E-state index is -5.34. The van der Waals surface area contributed by atoms with Crippen LogP contribution in [0.5, 0.6) is 0 Å². The molecule has 2 heterocycles. The van der Waals surface area contributed by atoms with Gasteiger partial charge in [0.25, 0.3) is 16.8 Å². The van der Waals surface area contributed by atoms with Gasteiger partial charge in [0.1, 0.15) is 30.2 Å². The molecule has 5 rings (SSSR count). The highest BCUT2D eigenvalue weighted by molar-refractivity contribution is 5.91. The molecular formula is C65H83F9O13. The standard InChI is InChI=1S/C65H83F9O13/c1-6-7-8-9-10-11-12-13-16-28-37-52(86-58(78)61(81-4,64(69,70)71)48-32-23-19-24-33-48)54-41-42-55(85-54)53(87-59(79)62(82-5,65(72,73)74)49-34-25-20-26-35-49)38-29-17-14-15-27-36-50(75)39-40-51(44-46-43-45(2)83-56(46)76)84-57(77)60(80-3,63(66,67)68)47-30-21-18-22-31-47/h18-26,30-35,43,45,51-55H,6-17,27-29,36-42,44H2,1-5H3/t45-,51+,52+,53+,54+,55+,60+,61+,62+/m0/s1. The van der Waals surface area contributed by atoms with E-state index in [4.69, 9.17) is 37.9 Å². The van der Waals surface area contributed by atoms with Crippen LogP contribution in [0.15, 0.2) is 103 Å². The van der Waals surface area contributed by atoms with E-state index in [1.165, 1.54) is 60.7 Å². The summed E-state index contributed by atoms with van der Waals surface area (Å²) in [5.74, 6) is -6.38. The number of benzene rings is 3. The number of ketones is 1. The van der Waals surface area contributed by atoms with Crippen molar-refractivity contribution in [1.29, 1.82) is 0 Å². The van der Waals surface area contributed by atoms with E-state index < -0.39 is 113 Å². The summed E-state index contributed by atoms with van der Waals surface area (Å²) in [7, 11) is 2.19. The highest BCUT2D eigenvalue weighted by atomic mass is 19.4. The van der Waals surface area contributed by atoms with E-state index in [0.717, 1.165) is 102 Å². The molecule has 9 atom stereocenters. The van der Waals surface area contributed by atoms with Crippen molar-refractivity contribution >= 4 is 29.7 Å². The van der Waals surface area contributed by atoms with Gasteiger partial charge in [0.05, 0.1) is 12.2 Å². The molecule has 0 aromatic heterocycles. The molecule has 3 aromatic rings. The SMILES string of the molecule is CCCCCCCCCCCC[C@@H](OC(=O)[C@](OC)(c1ccccc1)C(F)(F)F)[C@H]1CC[C@H]([C@@H](CCCCCCCC(=O)CC[C@H](CC2=C[C@H](C)OC2=O)OC(=O)[C@](OC)(c2ccccc2)C(F)(F)F)OC(=O)[C@](OC)(c2ccccc2)C(F)(F)F)O1. The molecule has 0 aliphatic carbocycles. The van der Waals surface area contributed by atoms with Crippen LogP contribution in [0.25, 0.3) is 0 Å². The third-order valence-corrected chi connectivity index (χ3v) is 16.2. The largest absolute Gasteiger partial charge is 0.459 e. The fraction of sp³-hybridized carbons (Fsp3) is 0.615. The zero-order chi connectivity index (χ0) is 63.9. The Labute approximate surface area is 503 Å². The molecule has 0 radical (unpaired) electrons. The molecule has 2 aliphatic heterocycles. The van der Waals surface area contributed by atoms with Crippen molar-refractivity contribution < 1.29 is 101 Å². The monoisotopic (exact) mass is 1240 g/mol. The van der Waals surface area contributed by atoms with Gasteiger partial charge in [-0.25, -0.2) is 19.2 Å². The average Bonchev–Trinajstić information content (AvgIpc) is 1.30. The normalized spacial score (nSPS) is 19.6. The van der Waals surface area contributed by atoms with Crippen molar-refractivity contribution in [1.82, 2.24) is 0 Å². The maximum atomic E-state index is 15.2. The van der Waals surface area contributed by atoms with Crippen LogP contribution in [0.2, 0.25) is 0 Å². The van der Waals surface area contributed by atoms with E-state index in [2.05, 4.69) is 6.92 Å². The average molecular weight is 1240 g/mol. The van der Waals surface area contributed by atoms with Crippen LogP contribution in [0, 0.1) is 0 Å². The van der Waals surface area contributed by atoms with Gasteiger partial charge in [-0.2, -0.15) is 39.5 Å². The smallest absolute Gasteiger partial charge is 0.432 e. The van der Waals surface area contributed by atoms with Crippen molar-refractivity contribution in [3.63, 3.8) is 0 Å².